The van der Waals surface area contributed by atoms with Gasteiger partial charge in [0.05, 0.1) is 11.3 Å². The van der Waals surface area contributed by atoms with Crippen molar-refractivity contribution in [2.45, 2.75) is 56.2 Å². The maximum Gasteiger partial charge on any atom is 0.224 e. The molecule has 1 saturated heterocycles. The minimum Gasteiger partial charge on any atom is -0.387 e. The molecule has 1 saturated carbocycles. The number of aromatic amines is 1. The van der Waals surface area contributed by atoms with Crippen LogP contribution in [0.4, 0.5) is 11.5 Å². The number of anilines is 2. The van der Waals surface area contributed by atoms with Gasteiger partial charge in [-0.2, -0.15) is 5.10 Å². The molecule has 2 fully saturated rings. The molecule has 1 aliphatic carbocycles. The van der Waals surface area contributed by atoms with Crippen LogP contribution < -0.4 is 10.6 Å². The Morgan fingerprint density at radius 3 is 2.70 bits per heavy atom. The molecule has 33 heavy (non-hydrogen) atoms. The fraction of sp³-hybridized carbons (Fsp3) is 0.478. The first kappa shape index (κ1) is 22.1. The van der Waals surface area contributed by atoms with Crippen molar-refractivity contribution in [1.29, 1.82) is 0 Å². The molecular weight excluding hydrogens is 438 g/mol. The number of thioether (sulfide) groups is 1. The molecule has 0 unspecified atom stereocenters. The van der Waals surface area contributed by atoms with E-state index in [4.69, 9.17) is 9.98 Å². The third-order valence-electron chi connectivity index (χ3n) is 6.23. The lowest BCUT2D eigenvalue weighted by atomic mass is 9.88. The molecule has 3 aliphatic rings. The van der Waals surface area contributed by atoms with Gasteiger partial charge in [0.25, 0.3) is 0 Å². The van der Waals surface area contributed by atoms with Gasteiger partial charge in [-0.3, -0.25) is 14.8 Å². The lowest BCUT2D eigenvalue weighted by Crippen LogP contribution is -2.66. The van der Waals surface area contributed by atoms with E-state index in [1.54, 1.807) is 0 Å². The van der Waals surface area contributed by atoms with E-state index in [0.717, 1.165) is 40.8 Å². The lowest BCUT2D eigenvalue weighted by molar-refractivity contribution is -0.127. The second-order valence-corrected chi connectivity index (χ2v) is 10.1. The van der Waals surface area contributed by atoms with Gasteiger partial charge in [-0.05, 0) is 49.9 Å². The summed E-state index contributed by atoms with van der Waals surface area (Å²) in [4.78, 5) is 24.5. The third kappa shape index (κ3) is 5.13. The predicted octanol–water partition coefficient (Wildman–Crippen LogP) is 3.21. The van der Waals surface area contributed by atoms with Crippen LogP contribution in [0.1, 0.15) is 38.3 Å². The molecule has 9 nitrogen and oxygen atoms in total. The van der Waals surface area contributed by atoms with Gasteiger partial charge < -0.3 is 15.7 Å². The normalized spacial score (nSPS) is 22.2. The number of amides is 1. The molecule has 5 rings (SSSR count). The van der Waals surface area contributed by atoms with E-state index in [1.165, 1.54) is 11.8 Å². The van der Waals surface area contributed by atoms with Crippen molar-refractivity contribution in [3.05, 3.63) is 36.0 Å². The zero-order valence-corrected chi connectivity index (χ0v) is 19.7. The van der Waals surface area contributed by atoms with E-state index in [-0.39, 0.29) is 12.1 Å². The van der Waals surface area contributed by atoms with Crippen molar-refractivity contribution in [1.82, 2.24) is 15.1 Å². The third-order valence-corrected chi connectivity index (χ3v) is 7.12. The van der Waals surface area contributed by atoms with Crippen molar-refractivity contribution >= 4 is 40.2 Å². The number of hydrogen-bond acceptors (Lipinski definition) is 8. The summed E-state index contributed by atoms with van der Waals surface area (Å²) in [5.74, 6) is 2.05. The number of likely N-dealkylation sites (tertiary alicyclic amines) is 1. The number of nitrogens with zero attached hydrogens (tertiary/aromatic N) is 4. The highest BCUT2D eigenvalue weighted by Crippen LogP contribution is 2.45. The van der Waals surface area contributed by atoms with Gasteiger partial charge in [-0.25, -0.2) is 9.98 Å². The lowest BCUT2D eigenvalue weighted by Gasteiger charge is -2.49. The van der Waals surface area contributed by atoms with Crippen molar-refractivity contribution < 1.29 is 9.90 Å². The Morgan fingerprint density at radius 2 is 2.06 bits per heavy atom. The SMILES string of the molecule is CCC(=O)Nc1ccc(SC2=N[C@H](N3CC(O)(C4CC4)C3)CC(Nc3cc(C)n[nH]3)=N2)cc1. The van der Waals surface area contributed by atoms with E-state index in [1.807, 2.05) is 44.2 Å². The number of aliphatic hydroxyl groups is 1. The molecular formula is C23H29N7O2S. The number of aromatic nitrogens is 2. The van der Waals surface area contributed by atoms with Crippen LogP contribution in [0.2, 0.25) is 0 Å². The maximum absolute atomic E-state index is 11.6. The molecule has 1 amide bonds. The fourth-order valence-corrected chi connectivity index (χ4v) is 5.04. The molecule has 0 bridgehead atoms. The summed E-state index contributed by atoms with van der Waals surface area (Å²) in [5, 5.41) is 24.8. The first-order valence-electron chi connectivity index (χ1n) is 11.4. The van der Waals surface area contributed by atoms with E-state index in [9.17, 15) is 9.90 Å². The summed E-state index contributed by atoms with van der Waals surface area (Å²) in [5.41, 5.74) is 1.13. The fourth-order valence-electron chi connectivity index (χ4n) is 4.22. The first-order chi connectivity index (χ1) is 15.9. The Kier molecular flexibility index (Phi) is 5.98. The van der Waals surface area contributed by atoms with Crippen molar-refractivity contribution in [3.63, 3.8) is 0 Å². The number of hydrogen-bond donors (Lipinski definition) is 4. The van der Waals surface area contributed by atoms with Crippen LogP contribution in [-0.2, 0) is 4.79 Å². The van der Waals surface area contributed by atoms with Crippen molar-refractivity contribution in [2.24, 2.45) is 15.9 Å². The zero-order chi connectivity index (χ0) is 23.0. The molecule has 174 valence electrons. The number of carbonyl (C=O) groups is 1. The summed E-state index contributed by atoms with van der Waals surface area (Å²) in [6.07, 6.45) is 3.27. The predicted molar refractivity (Wildman–Crippen MR) is 131 cm³/mol. The van der Waals surface area contributed by atoms with Crippen LogP contribution >= 0.6 is 11.8 Å². The van der Waals surface area contributed by atoms with Crippen molar-refractivity contribution in [2.75, 3.05) is 23.7 Å². The number of rotatable bonds is 6. The van der Waals surface area contributed by atoms with Gasteiger partial charge in [0.2, 0.25) is 5.91 Å². The number of aliphatic imine (C=N–C) groups is 2. The van der Waals surface area contributed by atoms with Crippen LogP contribution in [0.3, 0.4) is 0 Å². The van der Waals surface area contributed by atoms with Crippen LogP contribution in [-0.4, -0.2) is 62.0 Å². The summed E-state index contributed by atoms with van der Waals surface area (Å²) < 4.78 is 0. The van der Waals surface area contributed by atoms with Gasteiger partial charge in [-0.15, -0.1) is 0 Å². The Morgan fingerprint density at radius 1 is 1.30 bits per heavy atom. The van der Waals surface area contributed by atoms with Crippen LogP contribution in [0.5, 0.6) is 0 Å². The summed E-state index contributed by atoms with van der Waals surface area (Å²) in [6.45, 7) is 5.08. The molecule has 0 spiro atoms. The molecule has 3 heterocycles. The van der Waals surface area contributed by atoms with Crippen molar-refractivity contribution in [3.8, 4) is 0 Å². The molecule has 10 heteroatoms. The smallest absolute Gasteiger partial charge is 0.224 e. The second kappa shape index (κ2) is 8.92. The largest absolute Gasteiger partial charge is 0.387 e. The number of aryl methyl sites for hydroxylation is 1. The number of β-amino-alcohol motifs (C(OH)–C–C–N with tert-alkyl or cyclic N) is 1. The Hall–Kier alpha value is -2.69. The van der Waals surface area contributed by atoms with Gasteiger partial charge >= 0.3 is 0 Å². The minimum absolute atomic E-state index is 0.00929. The molecule has 4 N–H and O–H groups in total. The highest BCUT2D eigenvalue weighted by molar-refractivity contribution is 8.14. The maximum atomic E-state index is 11.6. The number of benzene rings is 1. The molecule has 0 radical (unpaired) electrons. The minimum atomic E-state index is -0.551. The van der Waals surface area contributed by atoms with Crippen LogP contribution in [0.25, 0.3) is 0 Å². The van der Waals surface area contributed by atoms with E-state index in [0.29, 0.717) is 37.0 Å². The van der Waals surface area contributed by atoms with Gasteiger partial charge in [0.1, 0.15) is 17.8 Å². The highest BCUT2D eigenvalue weighted by atomic mass is 32.2. The summed E-state index contributed by atoms with van der Waals surface area (Å²) in [7, 11) is 0. The summed E-state index contributed by atoms with van der Waals surface area (Å²) in [6, 6.07) is 9.63. The molecule has 1 aromatic carbocycles. The average molecular weight is 468 g/mol. The van der Waals surface area contributed by atoms with Crippen LogP contribution in [0, 0.1) is 12.8 Å². The molecule has 2 aliphatic heterocycles. The number of amidine groups is 2. The van der Waals surface area contributed by atoms with Crippen LogP contribution in [0.15, 0.2) is 45.2 Å². The average Bonchev–Trinajstić information content (AvgIpc) is 3.55. The molecule has 1 aromatic heterocycles. The number of carbonyl (C=O) groups excluding carboxylic acids is 1. The van der Waals surface area contributed by atoms with Gasteiger partial charge in [0, 0.05) is 42.6 Å². The highest BCUT2D eigenvalue weighted by Gasteiger charge is 2.53. The Labute approximate surface area is 197 Å². The first-order valence-corrected chi connectivity index (χ1v) is 12.2. The van der Waals surface area contributed by atoms with E-state index < -0.39 is 5.60 Å². The molecule has 1 atom stereocenters. The number of nitrogens with one attached hydrogen (secondary N) is 3. The molecule has 2 aromatic rings. The topological polar surface area (TPSA) is 118 Å². The van der Waals surface area contributed by atoms with E-state index in [2.05, 4.69) is 25.7 Å². The second-order valence-electron chi connectivity index (χ2n) is 9.01. The monoisotopic (exact) mass is 467 g/mol. The van der Waals surface area contributed by atoms with E-state index >= 15 is 0 Å². The van der Waals surface area contributed by atoms with Gasteiger partial charge in [0.15, 0.2) is 5.17 Å². The Bertz CT molecular complexity index is 1080. The zero-order valence-electron chi connectivity index (χ0n) is 18.8. The quantitative estimate of drug-likeness (QED) is 0.518. The number of H-pyrrole nitrogens is 1. The summed E-state index contributed by atoms with van der Waals surface area (Å²) >= 11 is 1.49. The standard InChI is InChI=1S/C23H29N7O2S/c1-3-21(31)24-16-6-8-17(9-7-16)33-22-26-18(25-19-10-14(2)28-29-19)11-20(27-22)30-12-23(32,13-30)15-4-5-15/h6-10,15,20,32H,3-5,11-13H2,1-2H3,(H,24,31)(H2,25,26,27,28,29)/t20-/m1/s1. The van der Waals surface area contributed by atoms with Gasteiger partial charge in [-0.1, -0.05) is 18.7 Å². The Balaban J connectivity index is 1.31.